The van der Waals surface area contributed by atoms with E-state index in [9.17, 15) is 9.59 Å². The molecular formula is C34H40N6O2. The number of fused-ring (bicyclic) bond motifs is 1. The minimum absolute atomic E-state index is 0.0234. The maximum Gasteiger partial charge on any atom is 0.243 e. The van der Waals surface area contributed by atoms with Crippen LogP contribution in [-0.2, 0) is 16.1 Å². The first kappa shape index (κ1) is 28.0. The van der Waals surface area contributed by atoms with Crippen LogP contribution in [0.3, 0.4) is 0 Å². The van der Waals surface area contributed by atoms with Gasteiger partial charge >= 0.3 is 0 Å². The fraction of sp³-hybridized carbons (Fsp3) is 0.382. The number of imidazole rings is 1. The van der Waals surface area contributed by atoms with E-state index in [0.717, 1.165) is 81.1 Å². The second kappa shape index (κ2) is 12.8. The SMILES string of the molecule is CN1CCN(c2nc3ccccc3n2Cc2ccc([C@@H]3CCCC[C@H]3C(=O)NCC(=O)Nc3ccccc3)cc2)CC1. The number of hydrogen-bond donors (Lipinski definition) is 2. The van der Waals surface area contributed by atoms with Crippen LogP contribution in [0.15, 0.2) is 78.9 Å². The third-order valence-corrected chi connectivity index (χ3v) is 8.75. The average molecular weight is 565 g/mol. The Morgan fingerprint density at radius 3 is 2.36 bits per heavy atom. The summed E-state index contributed by atoms with van der Waals surface area (Å²) >= 11 is 0. The van der Waals surface area contributed by atoms with Crippen molar-refractivity contribution in [1.29, 1.82) is 0 Å². The lowest BCUT2D eigenvalue weighted by molar-refractivity contribution is -0.128. The minimum atomic E-state index is -0.214. The van der Waals surface area contributed by atoms with Crippen molar-refractivity contribution < 1.29 is 9.59 Å². The van der Waals surface area contributed by atoms with E-state index in [1.165, 1.54) is 11.1 Å². The number of nitrogens with zero attached hydrogens (tertiary/aromatic N) is 4. The van der Waals surface area contributed by atoms with Crippen molar-refractivity contribution in [3.63, 3.8) is 0 Å². The summed E-state index contributed by atoms with van der Waals surface area (Å²) in [7, 11) is 2.17. The van der Waals surface area contributed by atoms with Crippen molar-refractivity contribution in [2.24, 2.45) is 5.92 Å². The number of anilines is 2. The molecule has 42 heavy (non-hydrogen) atoms. The number of para-hydroxylation sites is 3. The first-order valence-corrected chi connectivity index (χ1v) is 15.2. The predicted octanol–water partition coefficient (Wildman–Crippen LogP) is 4.87. The van der Waals surface area contributed by atoms with Crippen LogP contribution in [-0.4, -0.2) is 66.0 Å². The van der Waals surface area contributed by atoms with Gasteiger partial charge in [-0.25, -0.2) is 4.98 Å². The summed E-state index contributed by atoms with van der Waals surface area (Å²) in [6.07, 6.45) is 3.97. The highest BCUT2D eigenvalue weighted by Gasteiger charge is 2.32. The second-order valence-corrected chi connectivity index (χ2v) is 11.6. The molecule has 6 rings (SSSR count). The van der Waals surface area contributed by atoms with Crippen molar-refractivity contribution >= 4 is 34.5 Å². The van der Waals surface area contributed by atoms with Gasteiger partial charge in [0, 0.05) is 37.8 Å². The van der Waals surface area contributed by atoms with Crippen LogP contribution in [0.1, 0.15) is 42.7 Å². The van der Waals surface area contributed by atoms with Gasteiger partial charge in [-0.2, -0.15) is 0 Å². The Balaban J connectivity index is 1.14. The van der Waals surface area contributed by atoms with Crippen molar-refractivity contribution in [3.05, 3.63) is 90.0 Å². The number of aromatic nitrogens is 2. The molecule has 1 saturated carbocycles. The molecular weight excluding hydrogens is 524 g/mol. The van der Waals surface area contributed by atoms with Gasteiger partial charge in [0.1, 0.15) is 0 Å². The van der Waals surface area contributed by atoms with Crippen LogP contribution >= 0.6 is 0 Å². The Kier molecular flexibility index (Phi) is 8.51. The van der Waals surface area contributed by atoms with E-state index in [-0.39, 0.29) is 30.2 Å². The first-order valence-electron chi connectivity index (χ1n) is 15.2. The van der Waals surface area contributed by atoms with E-state index in [2.05, 4.69) is 80.6 Å². The molecule has 0 unspecified atom stereocenters. The molecule has 0 spiro atoms. The highest BCUT2D eigenvalue weighted by Crippen LogP contribution is 2.38. The fourth-order valence-corrected chi connectivity index (χ4v) is 6.39. The van der Waals surface area contributed by atoms with Gasteiger partial charge in [-0.05, 0) is 61.2 Å². The summed E-state index contributed by atoms with van der Waals surface area (Å²) in [6, 6.07) is 26.5. The number of benzene rings is 3. The lowest BCUT2D eigenvalue weighted by Gasteiger charge is -2.33. The van der Waals surface area contributed by atoms with E-state index in [4.69, 9.17) is 4.98 Å². The zero-order chi connectivity index (χ0) is 28.9. The molecule has 1 aliphatic heterocycles. The molecule has 0 radical (unpaired) electrons. The lowest BCUT2D eigenvalue weighted by atomic mass is 9.75. The fourth-order valence-electron chi connectivity index (χ4n) is 6.39. The standard InChI is InChI=1S/C34H40N6O2/c1-38-19-21-39(22-20-38)34-37-30-13-7-8-14-31(30)40(34)24-25-15-17-26(18-16-25)28-11-5-6-12-29(28)33(42)35-23-32(41)36-27-9-3-2-4-10-27/h2-4,7-10,13-18,28-29H,5-6,11-12,19-24H2,1H3,(H,35,42)(H,36,41)/t28-,29+/m0/s1. The molecule has 8 heteroatoms. The minimum Gasteiger partial charge on any atom is -0.347 e. The Morgan fingerprint density at radius 2 is 1.57 bits per heavy atom. The quantitative estimate of drug-likeness (QED) is 0.319. The molecule has 2 atom stereocenters. The number of rotatable bonds is 8. The summed E-state index contributed by atoms with van der Waals surface area (Å²) < 4.78 is 2.34. The number of hydrogen-bond acceptors (Lipinski definition) is 5. The highest BCUT2D eigenvalue weighted by atomic mass is 16.2. The number of carbonyl (C=O) groups excluding carboxylic acids is 2. The summed E-state index contributed by atoms with van der Waals surface area (Å²) in [5.41, 5.74) is 5.31. The van der Waals surface area contributed by atoms with E-state index in [1.54, 1.807) is 0 Å². The largest absolute Gasteiger partial charge is 0.347 e. The smallest absolute Gasteiger partial charge is 0.243 e. The average Bonchev–Trinajstić information content (AvgIpc) is 3.39. The topological polar surface area (TPSA) is 82.5 Å². The first-order chi connectivity index (χ1) is 20.5. The van der Waals surface area contributed by atoms with E-state index in [0.29, 0.717) is 0 Å². The van der Waals surface area contributed by atoms with Crippen molar-refractivity contribution in [2.45, 2.75) is 38.1 Å². The van der Waals surface area contributed by atoms with Gasteiger partial charge in [0.2, 0.25) is 17.8 Å². The molecule has 2 N–H and O–H groups in total. The Morgan fingerprint density at radius 1 is 0.857 bits per heavy atom. The van der Waals surface area contributed by atoms with Gasteiger partial charge in [-0.3, -0.25) is 9.59 Å². The summed E-state index contributed by atoms with van der Waals surface area (Å²) in [5.74, 6) is 0.812. The summed E-state index contributed by atoms with van der Waals surface area (Å²) in [6.45, 7) is 4.73. The molecule has 2 amide bonds. The van der Waals surface area contributed by atoms with Gasteiger partial charge in [0.15, 0.2) is 0 Å². The van der Waals surface area contributed by atoms with E-state index in [1.807, 2.05) is 30.3 Å². The molecule has 2 heterocycles. The number of amides is 2. The maximum atomic E-state index is 13.2. The Labute approximate surface area is 247 Å². The molecule has 3 aromatic carbocycles. The summed E-state index contributed by atoms with van der Waals surface area (Å²) in [5, 5.41) is 5.74. The van der Waals surface area contributed by atoms with Crippen LogP contribution in [0.5, 0.6) is 0 Å². The molecule has 218 valence electrons. The number of likely N-dealkylation sites (N-methyl/N-ethyl adjacent to an activating group) is 1. The normalized spacial score (nSPS) is 19.5. The van der Waals surface area contributed by atoms with E-state index < -0.39 is 0 Å². The molecule has 1 aromatic heterocycles. The van der Waals surface area contributed by atoms with Crippen LogP contribution in [0.4, 0.5) is 11.6 Å². The van der Waals surface area contributed by atoms with Crippen molar-refractivity contribution in [1.82, 2.24) is 19.8 Å². The van der Waals surface area contributed by atoms with Gasteiger partial charge in [-0.1, -0.05) is 67.4 Å². The number of piperazine rings is 1. The van der Waals surface area contributed by atoms with Gasteiger partial charge < -0.3 is 25.0 Å². The molecule has 2 aliphatic rings. The highest BCUT2D eigenvalue weighted by molar-refractivity contribution is 5.94. The molecule has 1 saturated heterocycles. The monoisotopic (exact) mass is 564 g/mol. The van der Waals surface area contributed by atoms with Crippen molar-refractivity contribution in [2.75, 3.05) is 50.0 Å². The van der Waals surface area contributed by atoms with Crippen molar-refractivity contribution in [3.8, 4) is 0 Å². The van der Waals surface area contributed by atoms with Crippen LogP contribution in [0.2, 0.25) is 0 Å². The van der Waals surface area contributed by atoms with Gasteiger partial charge in [0.25, 0.3) is 0 Å². The zero-order valence-corrected chi connectivity index (χ0v) is 24.3. The molecule has 8 nitrogen and oxygen atoms in total. The van der Waals surface area contributed by atoms with Gasteiger partial charge in [-0.15, -0.1) is 0 Å². The Bertz CT molecular complexity index is 1510. The maximum absolute atomic E-state index is 13.2. The second-order valence-electron chi connectivity index (χ2n) is 11.6. The predicted molar refractivity (Wildman–Crippen MR) is 168 cm³/mol. The Hall–Kier alpha value is -4.17. The molecule has 2 fully saturated rings. The molecule has 4 aromatic rings. The van der Waals surface area contributed by atoms with Crippen LogP contribution in [0, 0.1) is 5.92 Å². The van der Waals surface area contributed by atoms with Crippen LogP contribution < -0.4 is 15.5 Å². The summed E-state index contributed by atoms with van der Waals surface area (Å²) in [4.78, 5) is 35.4. The third kappa shape index (κ3) is 6.34. The molecule has 0 bridgehead atoms. The number of carbonyl (C=O) groups is 2. The number of nitrogens with one attached hydrogen (secondary N) is 2. The van der Waals surface area contributed by atoms with E-state index >= 15 is 0 Å². The van der Waals surface area contributed by atoms with Crippen LogP contribution in [0.25, 0.3) is 11.0 Å². The lowest BCUT2D eigenvalue weighted by Crippen LogP contribution is -2.45. The molecule has 1 aliphatic carbocycles. The third-order valence-electron chi connectivity index (χ3n) is 8.75. The van der Waals surface area contributed by atoms with Gasteiger partial charge in [0.05, 0.1) is 24.1 Å². The zero-order valence-electron chi connectivity index (χ0n) is 24.3.